The molecule has 2 aromatic heterocycles. The second kappa shape index (κ2) is 5.86. The molecule has 4 nitrogen and oxygen atoms in total. The molecule has 0 aliphatic heterocycles. The fraction of sp³-hybridized carbons (Fsp3) is 0.333. The number of benzene rings is 1. The molecule has 1 aromatic carbocycles. The lowest BCUT2D eigenvalue weighted by atomic mass is 9.89. The van der Waals surface area contributed by atoms with Gasteiger partial charge in [0.25, 0.3) is 5.56 Å². The van der Waals surface area contributed by atoms with Gasteiger partial charge in [0.1, 0.15) is 10.6 Å². The van der Waals surface area contributed by atoms with Gasteiger partial charge in [-0.05, 0) is 55.1 Å². The van der Waals surface area contributed by atoms with Gasteiger partial charge < -0.3 is 9.72 Å². The zero-order valence-corrected chi connectivity index (χ0v) is 15.2. The minimum atomic E-state index is -0.0506. The summed E-state index contributed by atoms with van der Waals surface area (Å²) in [4.78, 5) is 18.7. The second-order valence-corrected chi connectivity index (χ2v) is 7.79. The van der Waals surface area contributed by atoms with Crippen molar-refractivity contribution in [1.82, 2.24) is 9.55 Å². The lowest BCUT2D eigenvalue weighted by molar-refractivity contribution is 0.412. The van der Waals surface area contributed by atoms with Crippen molar-refractivity contribution >= 4 is 33.8 Å². The Morgan fingerprint density at radius 2 is 2.17 bits per heavy atom. The van der Waals surface area contributed by atoms with E-state index in [1.54, 1.807) is 23.0 Å². The average molecular weight is 358 g/mol. The molecule has 3 aromatic rings. The van der Waals surface area contributed by atoms with Gasteiger partial charge in [-0.25, -0.2) is 4.57 Å². The smallest absolute Gasteiger partial charge is 0.268 e. The highest BCUT2D eigenvalue weighted by Crippen LogP contribution is 2.36. The van der Waals surface area contributed by atoms with E-state index in [0.717, 1.165) is 29.5 Å². The number of para-hydroxylation sites is 2. The van der Waals surface area contributed by atoms with Gasteiger partial charge in [0, 0.05) is 4.88 Å². The monoisotopic (exact) mass is 358 g/mol. The molecule has 2 heterocycles. The summed E-state index contributed by atoms with van der Waals surface area (Å²) in [5.41, 5.74) is 1.83. The van der Waals surface area contributed by atoms with Gasteiger partial charge in [0.2, 0.25) is 0 Å². The number of methoxy groups -OCH3 is 1. The van der Waals surface area contributed by atoms with Gasteiger partial charge in [0.05, 0.1) is 18.2 Å². The number of nitrogens with one attached hydrogen (secondary N) is 1. The molecule has 1 unspecified atom stereocenters. The molecule has 24 heavy (non-hydrogen) atoms. The summed E-state index contributed by atoms with van der Waals surface area (Å²) in [7, 11) is 1.60. The molecule has 0 radical (unpaired) electrons. The van der Waals surface area contributed by atoms with Gasteiger partial charge in [0.15, 0.2) is 4.77 Å². The van der Waals surface area contributed by atoms with Crippen LogP contribution in [0.3, 0.4) is 0 Å². The Kier molecular flexibility index (Phi) is 3.81. The largest absolute Gasteiger partial charge is 0.495 e. The average Bonchev–Trinajstić information content (AvgIpc) is 2.92. The maximum atomic E-state index is 13.3. The van der Waals surface area contributed by atoms with Crippen molar-refractivity contribution in [3.05, 3.63) is 49.8 Å². The molecule has 0 spiro atoms. The van der Waals surface area contributed by atoms with E-state index < -0.39 is 0 Å². The maximum absolute atomic E-state index is 13.3. The van der Waals surface area contributed by atoms with E-state index in [1.807, 2.05) is 24.3 Å². The minimum absolute atomic E-state index is 0.0506. The fourth-order valence-corrected chi connectivity index (χ4v) is 5.21. The van der Waals surface area contributed by atoms with Crippen LogP contribution >= 0.6 is 23.6 Å². The highest BCUT2D eigenvalue weighted by Gasteiger charge is 2.24. The summed E-state index contributed by atoms with van der Waals surface area (Å²) < 4.78 is 7.38. The molecule has 0 saturated carbocycles. The van der Waals surface area contributed by atoms with Crippen LogP contribution in [0, 0.1) is 10.7 Å². The number of H-pyrrole nitrogens is 1. The van der Waals surface area contributed by atoms with Crippen LogP contribution in [-0.4, -0.2) is 16.7 Å². The van der Waals surface area contributed by atoms with E-state index >= 15 is 0 Å². The molecule has 0 amide bonds. The molecule has 1 atom stereocenters. The van der Waals surface area contributed by atoms with E-state index in [2.05, 4.69) is 11.9 Å². The van der Waals surface area contributed by atoms with Crippen molar-refractivity contribution in [2.24, 2.45) is 5.92 Å². The molecule has 0 saturated heterocycles. The molecule has 124 valence electrons. The number of aryl methyl sites for hydroxylation is 1. The highest BCUT2D eigenvalue weighted by atomic mass is 32.1. The summed E-state index contributed by atoms with van der Waals surface area (Å²) in [6.45, 7) is 2.27. The molecule has 0 fully saturated rings. The number of thiophene rings is 1. The second-order valence-electron chi connectivity index (χ2n) is 6.30. The molecule has 0 bridgehead atoms. The topological polar surface area (TPSA) is 47.0 Å². The Morgan fingerprint density at radius 3 is 2.96 bits per heavy atom. The van der Waals surface area contributed by atoms with Crippen LogP contribution in [0.15, 0.2) is 29.1 Å². The third kappa shape index (κ3) is 2.32. The van der Waals surface area contributed by atoms with E-state index in [0.29, 0.717) is 22.1 Å². The Morgan fingerprint density at radius 1 is 1.38 bits per heavy atom. The van der Waals surface area contributed by atoms with Crippen LogP contribution in [0.1, 0.15) is 23.8 Å². The summed E-state index contributed by atoms with van der Waals surface area (Å²) in [6, 6.07) is 7.46. The van der Waals surface area contributed by atoms with Crippen LogP contribution in [0.25, 0.3) is 15.9 Å². The highest BCUT2D eigenvalue weighted by molar-refractivity contribution is 7.71. The third-order valence-electron chi connectivity index (χ3n) is 4.68. The quantitative estimate of drug-likeness (QED) is 0.697. The van der Waals surface area contributed by atoms with Gasteiger partial charge >= 0.3 is 0 Å². The number of rotatable bonds is 2. The number of hydrogen-bond acceptors (Lipinski definition) is 4. The fourth-order valence-electron chi connectivity index (χ4n) is 3.46. The van der Waals surface area contributed by atoms with Gasteiger partial charge in [-0.15, -0.1) is 11.3 Å². The first-order chi connectivity index (χ1) is 11.6. The van der Waals surface area contributed by atoms with Gasteiger partial charge in [-0.1, -0.05) is 19.1 Å². The van der Waals surface area contributed by atoms with Crippen molar-refractivity contribution < 1.29 is 4.74 Å². The van der Waals surface area contributed by atoms with E-state index in [1.165, 1.54) is 10.4 Å². The normalized spacial score (nSPS) is 17.0. The predicted molar refractivity (Wildman–Crippen MR) is 100 cm³/mol. The molecule has 1 aliphatic carbocycles. The van der Waals surface area contributed by atoms with Crippen LogP contribution in [0.2, 0.25) is 0 Å². The van der Waals surface area contributed by atoms with Crippen molar-refractivity contribution in [2.45, 2.75) is 26.2 Å². The van der Waals surface area contributed by atoms with Crippen molar-refractivity contribution in [3.8, 4) is 11.4 Å². The molecular weight excluding hydrogens is 340 g/mol. The third-order valence-corrected chi connectivity index (χ3v) is 6.13. The molecule has 6 heteroatoms. The Balaban J connectivity index is 2.05. The standard InChI is InChI=1S/C18H18N2O2S2/c1-10-7-8-11-14(9-10)24-16-15(11)17(21)20(18(23)19-16)12-5-3-4-6-13(12)22-2/h3-6,10H,7-9H2,1-2H3,(H,19,23). The van der Waals surface area contributed by atoms with Crippen molar-refractivity contribution in [1.29, 1.82) is 0 Å². The van der Waals surface area contributed by atoms with Gasteiger partial charge in [-0.3, -0.25) is 4.79 Å². The lowest BCUT2D eigenvalue weighted by Crippen LogP contribution is -2.22. The SMILES string of the molecule is COc1ccccc1-n1c(=S)[nH]c2sc3c(c2c1=O)CCC(C)C3. The molecule has 1 aliphatic rings. The Bertz CT molecular complexity index is 1050. The Labute approximate surface area is 148 Å². The maximum Gasteiger partial charge on any atom is 0.268 e. The summed E-state index contributed by atoms with van der Waals surface area (Å²) in [6.07, 6.45) is 3.13. The zero-order chi connectivity index (χ0) is 16.8. The number of fused-ring (bicyclic) bond motifs is 3. The first-order valence-corrected chi connectivity index (χ1v) is 9.25. The lowest BCUT2D eigenvalue weighted by Gasteiger charge is -2.17. The van der Waals surface area contributed by atoms with E-state index in [-0.39, 0.29) is 5.56 Å². The minimum Gasteiger partial charge on any atom is -0.495 e. The van der Waals surface area contributed by atoms with E-state index in [9.17, 15) is 4.79 Å². The van der Waals surface area contributed by atoms with Crippen LogP contribution in [-0.2, 0) is 12.8 Å². The van der Waals surface area contributed by atoms with Crippen LogP contribution in [0.5, 0.6) is 5.75 Å². The number of ether oxygens (including phenoxy) is 1. The number of nitrogens with zero attached hydrogens (tertiary/aromatic N) is 1. The number of aromatic amines is 1. The van der Waals surface area contributed by atoms with Gasteiger partial charge in [-0.2, -0.15) is 0 Å². The zero-order valence-electron chi connectivity index (χ0n) is 13.6. The first-order valence-electron chi connectivity index (χ1n) is 8.03. The van der Waals surface area contributed by atoms with Crippen LogP contribution < -0.4 is 10.3 Å². The number of hydrogen-bond donors (Lipinski definition) is 1. The van der Waals surface area contributed by atoms with Crippen molar-refractivity contribution in [2.75, 3.05) is 7.11 Å². The predicted octanol–water partition coefficient (Wildman–Crippen LogP) is 4.24. The summed E-state index contributed by atoms with van der Waals surface area (Å²) in [5.74, 6) is 1.31. The molecule has 4 rings (SSSR count). The summed E-state index contributed by atoms with van der Waals surface area (Å²) >= 11 is 7.16. The summed E-state index contributed by atoms with van der Waals surface area (Å²) in [5, 5.41) is 0.793. The number of aromatic nitrogens is 2. The molecule has 1 N–H and O–H groups in total. The Hall–Kier alpha value is -1.92. The van der Waals surface area contributed by atoms with E-state index in [4.69, 9.17) is 17.0 Å². The van der Waals surface area contributed by atoms with Crippen molar-refractivity contribution in [3.63, 3.8) is 0 Å². The first kappa shape index (κ1) is 15.6. The molecular formula is C18H18N2O2S2. The van der Waals surface area contributed by atoms with Crippen LogP contribution in [0.4, 0.5) is 0 Å².